The van der Waals surface area contributed by atoms with Crippen LogP contribution in [0.2, 0.25) is 0 Å². The summed E-state index contributed by atoms with van der Waals surface area (Å²) in [6, 6.07) is -0.563. The molecule has 0 aliphatic heterocycles. The van der Waals surface area contributed by atoms with Crippen molar-refractivity contribution in [1.29, 1.82) is 0 Å². The Balaban J connectivity index is 3.50. The molecule has 0 fully saturated rings. The summed E-state index contributed by atoms with van der Waals surface area (Å²) >= 11 is 0. The molecule has 3 N–H and O–H groups in total. The summed E-state index contributed by atoms with van der Waals surface area (Å²) in [5, 5.41) is 2.71. The van der Waals surface area contributed by atoms with Crippen LogP contribution < -0.4 is 11.1 Å². The van der Waals surface area contributed by atoms with Crippen LogP contribution in [-0.2, 0) is 9.53 Å². The molecular weight excluding hydrogens is 170 g/mol. The monoisotopic (exact) mass is 189 g/mol. The topological polar surface area (TPSA) is 67.6 Å². The van der Waals surface area contributed by atoms with Crippen LogP contribution in [0.1, 0.15) is 0 Å². The molecule has 0 saturated heterocycles. The van der Waals surface area contributed by atoms with Gasteiger partial charge >= 0.3 is 0 Å². The van der Waals surface area contributed by atoms with E-state index >= 15 is 0 Å². The van der Waals surface area contributed by atoms with E-state index in [1.807, 2.05) is 19.0 Å². The van der Waals surface area contributed by atoms with Gasteiger partial charge in [0, 0.05) is 20.2 Å². The minimum Gasteiger partial charge on any atom is -0.383 e. The first-order valence-electron chi connectivity index (χ1n) is 4.25. The number of nitrogens with zero attached hydrogens (tertiary/aromatic N) is 1. The maximum absolute atomic E-state index is 11.2. The van der Waals surface area contributed by atoms with Crippen LogP contribution >= 0.6 is 0 Å². The van der Waals surface area contributed by atoms with Gasteiger partial charge in [-0.3, -0.25) is 4.79 Å². The summed E-state index contributed by atoms with van der Waals surface area (Å²) in [6.45, 7) is 1.68. The summed E-state index contributed by atoms with van der Waals surface area (Å²) in [4.78, 5) is 13.2. The van der Waals surface area contributed by atoms with E-state index in [1.54, 1.807) is 0 Å². The Hall–Kier alpha value is -0.650. The quantitative estimate of drug-likeness (QED) is 0.541. The van der Waals surface area contributed by atoms with Crippen LogP contribution in [0.5, 0.6) is 0 Å². The second-order valence-corrected chi connectivity index (χ2v) is 3.16. The summed E-state index contributed by atoms with van der Waals surface area (Å²) in [5.74, 6) is -0.163. The van der Waals surface area contributed by atoms with E-state index in [4.69, 9.17) is 10.5 Å². The second kappa shape index (κ2) is 6.82. The first-order chi connectivity index (χ1) is 6.07. The number of hydrogen-bond donors (Lipinski definition) is 2. The van der Waals surface area contributed by atoms with Crippen molar-refractivity contribution in [2.24, 2.45) is 5.73 Å². The molecule has 0 aliphatic carbocycles. The predicted octanol–water partition coefficient (Wildman–Crippen LogP) is -1.36. The van der Waals surface area contributed by atoms with Crippen molar-refractivity contribution in [2.45, 2.75) is 6.04 Å². The van der Waals surface area contributed by atoms with Crippen molar-refractivity contribution < 1.29 is 9.53 Å². The molecule has 0 aromatic rings. The zero-order valence-corrected chi connectivity index (χ0v) is 8.54. The Morgan fingerprint density at radius 1 is 1.62 bits per heavy atom. The Morgan fingerprint density at radius 2 is 2.23 bits per heavy atom. The molecule has 0 radical (unpaired) electrons. The van der Waals surface area contributed by atoms with Crippen molar-refractivity contribution in [3.63, 3.8) is 0 Å². The lowest BCUT2D eigenvalue weighted by atomic mass is 10.3. The molecule has 0 aliphatic rings. The molecule has 0 saturated carbocycles. The van der Waals surface area contributed by atoms with Gasteiger partial charge in [0.15, 0.2) is 0 Å². The number of amides is 1. The van der Waals surface area contributed by atoms with Crippen LogP contribution in [0.25, 0.3) is 0 Å². The fourth-order valence-electron chi connectivity index (χ4n) is 0.789. The number of nitrogens with two attached hydrogens (primary N) is 1. The molecule has 1 atom stereocenters. The highest BCUT2D eigenvalue weighted by atomic mass is 16.5. The fourth-order valence-corrected chi connectivity index (χ4v) is 0.789. The van der Waals surface area contributed by atoms with E-state index in [0.29, 0.717) is 6.54 Å². The van der Waals surface area contributed by atoms with E-state index in [1.165, 1.54) is 7.11 Å². The molecule has 0 bridgehead atoms. The maximum Gasteiger partial charge on any atom is 0.239 e. The Labute approximate surface area is 79.2 Å². The van der Waals surface area contributed by atoms with Crippen molar-refractivity contribution in [1.82, 2.24) is 10.2 Å². The van der Waals surface area contributed by atoms with E-state index in [9.17, 15) is 4.79 Å². The first-order valence-corrected chi connectivity index (χ1v) is 4.25. The molecule has 0 spiro atoms. The Bertz CT molecular complexity index is 150. The van der Waals surface area contributed by atoms with Gasteiger partial charge in [0.2, 0.25) is 5.91 Å². The summed E-state index contributed by atoms with van der Waals surface area (Å²) in [5.41, 5.74) is 5.49. The molecule has 1 unspecified atom stereocenters. The van der Waals surface area contributed by atoms with Gasteiger partial charge in [-0.05, 0) is 14.1 Å². The maximum atomic E-state index is 11.2. The number of methoxy groups -OCH3 is 1. The molecule has 0 heterocycles. The SMILES string of the molecule is COCC(N)C(=O)NCCN(C)C. The van der Waals surface area contributed by atoms with Gasteiger partial charge in [0.1, 0.15) is 6.04 Å². The highest BCUT2D eigenvalue weighted by molar-refractivity contribution is 5.81. The standard InChI is InChI=1S/C8H19N3O2/c1-11(2)5-4-10-8(12)7(9)6-13-3/h7H,4-6,9H2,1-3H3,(H,10,12). The molecule has 0 aromatic carbocycles. The van der Waals surface area contributed by atoms with Gasteiger partial charge in [0.25, 0.3) is 0 Å². The molecule has 0 aromatic heterocycles. The molecule has 13 heavy (non-hydrogen) atoms. The molecule has 5 heteroatoms. The third-order valence-electron chi connectivity index (χ3n) is 1.54. The van der Waals surface area contributed by atoms with Gasteiger partial charge in [-0.15, -0.1) is 0 Å². The van der Waals surface area contributed by atoms with Crippen LogP contribution in [0, 0.1) is 0 Å². The summed E-state index contributed by atoms with van der Waals surface area (Å²) in [7, 11) is 5.41. The first kappa shape index (κ1) is 12.3. The number of hydrogen-bond acceptors (Lipinski definition) is 4. The highest BCUT2D eigenvalue weighted by Gasteiger charge is 2.11. The highest BCUT2D eigenvalue weighted by Crippen LogP contribution is 1.80. The Kier molecular flexibility index (Phi) is 6.48. The van der Waals surface area contributed by atoms with Crippen LogP contribution in [-0.4, -0.2) is 57.8 Å². The minimum atomic E-state index is -0.563. The van der Waals surface area contributed by atoms with Crippen molar-refractivity contribution in [3.05, 3.63) is 0 Å². The van der Waals surface area contributed by atoms with Gasteiger partial charge < -0.3 is 20.7 Å². The summed E-state index contributed by atoms with van der Waals surface area (Å²) in [6.07, 6.45) is 0. The van der Waals surface area contributed by atoms with E-state index in [2.05, 4.69) is 5.32 Å². The number of carbonyl (C=O) groups excluding carboxylic acids is 1. The third-order valence-corrected chi connectivity index (χ3v) is 1.54. The minimum absolute atomic E-state index is 0.163. The molecule has 0 rings (SSSR count). The van der Waals surface area contributed by atoms with Crippen molar-refractivity contribution in [3.8, 4) is 0 Å². The zero-order chi connectivity index (χ0) is 10.3. The molecular formula is C8H19N3O2. The number of likely N-dealkylation sites (N-methyl/N-ethyl adjacent to an activating group) is 1. The number of nitrogens with one attached hydrogen (secondary N) is 1. The number of rotatable bonds is 6. The van der Waals surface area contributed by atoms with Crippen LogP contribution in [0.4, 0.5) is 0 Å². The lowest BCUT2D eigenvalue weighted by Crippen LogP contribution is -2.45. The van der Waals surface area contributed by atoms with Crippen molar-refractivity contribution in [2.75, 3.05) is 40.9 Å². The normalized spacial score (nSPS) is 13.0. The largest absolute Gasteiger partial charge is 0.383 e. The summed E-state index contributed by atoms with van der Waals surface area (Å²) < 4.78 is 4.76. The second-order valence-electron chi connectivity index (χ2n) is 3.16. The van der Waals surface area contributed by atoms with Crippen LogP contribution in [0.3, 0.4) is 0 Å². The lowest BCUT2D eigenvalue weighted by Gasteiger charge is -2.13. The smallest absolute Gasteiger partial charge is 0.239 e. The zero-order valence-electron chi connectivity index (χ0n) is 8.54. The predicted molar refractivity (Wildman–Crippen MR) is 51.4 cm³/mol. The third kappa shape index (κ3) is 6.51. The van der Waals surface area contributed by atoms with Gasteiger partial charge in [0.05, 0.1) is 6.61 Å². The van der Waals surface area contributed by atoms with Crippen molar-refractivity contribution >= 4 is 5.91 Å². The fraction of sp³-hybridized carbons (Fsp3) is 0.875. The lowest BCUT2D eigenvalue weighted by molar-refractivity contribution is -0.123. The van der Waals surface area contributed by atoms with E-state index in [-0.39, 0.29) is 12.5 Å². The van der Waals surface area contributed by atoms with E-state index in [0.717, 1.165) is 6.54 Å². The van der Waals surface area contributed by atoms with E-state index < -0.39 is 6.04 Å². The number of ether oxygens (including phenoxy) is 1. The Morgan fingerprint density at radius 3 is 2.69 bits per heavy atom. The van der Waals surface area contributed by atoms with Gasteiger partial charge in [-0.25, -0.2) is 0 Å². The van der Waals surface area contributed by atoms with Gasteiger partial charge in [-0.1, -0.05) is 0 Å². The average Bonchev–Trinajstić information content (AvgIpc) is 2.04. The van der Waals surface area contributed by atoms with Crippen LogP contribution in [0.15, 0.2) is 0 Å². The molecule has 5 nitrogen and oxygen atoms in total. The average molecular weight is 189 g/mol. The number of carbonyl (C=O) groups is 1. The molecule has 78 valence electrons. The molecule has 1 amide bonds. The van der Waals surface area contributed by atoms with Gasteiger partial charge in [-0.2, -0.15) is 0 Å².